The molecule has 1 fully saturated rings. The van der Waals surface area contributed by atoms with Crippen LogP contribution in [-0.4, -0.2) is 34.9 Å². The number of nitrogens with one attached hydrogen (secondary N) is 3. The minimum atomic E-state index is -4.87. The number of halogens is 4. The summed E-state index contributed by atoms with van der Waals surface area (Å²) in [7, 11) is 0. The van der Waals surface area contributed by atoms with Crippen molar-refractivity contribution in [3.8, 4) is 5.75 Å². The Morgan fingerprint density at radius 1 is 1.08 bits per heavy atom. The van der Waals surface area contributed by atoms with Gasteiger partial charge in [-0.1, -0.05) is 11.6 Å². The number of alkyl halides is 3. The zero-order chi connectivity index (χ0) is 26.8. The number of amides is 5. The quantitative estimate of drug-likeness (QED) is 0.370. The molecule has 4 rings (SSSR count). The molecule has 37 heavy (non-hydrogen) atoms. The SMILES string of the molecule is CC1(Cc2ccncc2NC(=O)Nc2ccc(Cl)cc2)NC(=O)N(c2ccc(OC(F)(F)F)cc2)C1=O. The molecule has 13 heteroatoms. The van der Waals surface area contributed by atoms with Crippen molar-refractivity contribution in [1.29, 1.82) is 0 Å². The molecule has 0 bridgehead atoms. The first kappa shape index (κ1) is 25.8. The molecule has 0 saturated carbocycles. The van der Waals surface area contributed by atoms with Crippen LogP contribution in [0.25, 0.3) is 0 Å². The van der Waals surface area contributed by atoms with Crippen molar-refractivity contribution < 1.29 is 32.3 Å². The zero-order valence-electron chi connectivity index (χ0n) is 19.1. The maximum absolute atomic E-state index is 13.3. The molecule has 9 nitrogen and oxygen atoms in total. The molecule has 3 aromatic rings. The lowest BCUT2D eigenvalue weighted by molar-refractivity contribution is -0.274. The molecule has 1 aliphatic heterocycles. The second-order valence-electron chi connectivity index (χ2n) is 8.24. The summed E-state index contributed by atoms with van der Waals surface area (Å²) in [6.07, 6.45) is -2.01. The topological polar surface area (TPSA) is 113 Å². The minimum Gasteiger partial charge on any atom is -0.406 e. The summed E-state index contributed by atoms with van der Waals surface area (Å²) < 4.78 is 41.1. The van der Waals surface area contributed by atoms with Crippen molar-refractivity contribution in [3.05, 3.63) is 77.6 Å². The van der Waals surface area contributed by atoms with Crippen molar-refractivity contribution in [1.82, 2.24) is 10.3 Å². The fraction of sp³-hybridized carbons (Fsp3) is 0.167. The average molecular weight is 534 g/mol. The van der Waals surface area contributed by atoms with Crippen LogP contribution in [0.5, 0.6) is 5.75 Å². The van der Waals surface area contributed by atoms with E-state index in [1.165, 1.54) is 31.5 Å². The fourth-order valence-corrected chi connectivity index (χ4v) is 3.85. The summed E-state index contributed by atoms with van der Waals surface area (Å²) in [4.78, 5) is 43.3. The first-order valence-electron chi connectivity index (χ1n) is 10.7. The van der Waals surface area contributed by atoms with E-state index in [1.54, 1.807) is 30.3 Å². The number of nitrogens with zero attached hydrogens (tertiary/aromatic N) is 2. The van der Waals surface area contributed by atoms with Crippen molar-refractivity contribution in [2.24, 2.45) is 0 Å². The van der Waals surface area contributed by atoms with Crippen molar-refractivity contribution >= 4 is 46.6 Å². The molecule has 2 aromatic carbocycles. The van der Waals surface area contributed by atoms with Gasteiger partial charge in [-0.2, -0.15) is 0 Å². The number of benzene rings is 2. The third-order valence-corrected chi connectivity index (χ3v) is 5.65. The monoisotopic (exact) mass is 533 g/mol. The molecular formula is C24H19ClF3N5O4. The summed E-state index contributed by atoms with van der Waals surface area (Å²) >= 11 is 5.85. The maximum atomic E-state index is 13.3. The number of pyridine rings is 1. The Hall–Kier alpha value is -4.32. The van der Waals surface area contributed by atoms with Gasteiger partial charge in [0.2, 0.25) is 0 Å². The van der Waals surface area contributed by atoms with Gasteiger partial charge in [0, 0.05) is 23.3 Å². The number of carbonyl (C=O) groups is 3. The summed E-state index contributed by atoms with van der Waals surface area (Å²) in [5, 5.41) is 8.45. The van der Waals surface area contributed by atoms with Crippen LogP contribution < -0.4 is 25.6 Å². The van der Waals surface area contributed by atoms with Gasteiger partial charge < -0.3 is 20.7 Å². The third-order valence-electron chi connectivity index (χ3n) is 5.40. The van der Waals surface area contributed by atoms with E-state index in [-0.39, 0.29) is 12.1 Å². The maximum Gasteiger partial charge on any atom is 0.573 e. The van der Waals surface area contributed by atoms with Crippen LogP contribution >= 0.6 is 11.6 Å². The number of hydrogen-bond donors (Lipinski definition) is 3. The molecule has 0 radical (unpaired) electrons. The van der Waals surface area contributed by atoms with Gasteiger partial charge >= 0.3 is 18.4 Å². The number of aromatic nitrogens is 1. The number of imide groups is 1. The normalized spacial score (nSPS) is 17.4. The number of anilines is 3. The molecule has 1 saturated heterocycles. The van der Waals surface area contributed by atoms with E-state index in [4.69, 9.17) is 11.6 Å². The largest absolute Gasteiger partial charge is 0.573 e. The van der Waals surface area contributed by atoms with Gasteiger partial charge in [-0.05, 0) is 67.1 Å². The smallest absolute Gasteiger partial charge is 0.406 e. The van der Waals surface area contributed by atoms with Crippen molar-refractivity contribution in [2.45, 2.75) is 25.2 Å². The van der Waals surface area contributed by atoms with Gasteiger partial charge in [-0.15, -0.1) is 13.2 Å². The molecule has 1 unspecified atom stereocenters. The third kappa shape index (κ3) is 6.09. The van der Waals surface area contributed by atoms with Crippen LogP contribution in [0.2, 0.25) is 5.02 Å². The second-order valence-corrected chi connectivity index (χ2v) is 8.68. The van der Waals surface area contributed by atoms with Crippen molar-refractivity contribution in [2.75, 3.05) is 15.5 Å². The summed E-state index contributed by atoms with van der Waals surface area (Å²) in [6, 6.07) is 11.1. The van der Waals surface area contributed by atoms with E-state index in [0.29, 0.717) is 22.0 Å². The highest BCUT2D eigenvalue weighted by Crippen LogP contribution is 2.31. The van der Waals surface area contributed by atoms with E-state index in [0.717, 1.165) is 17.0 Å². The molecule has 1 atom stereocenters. The number of carbonyl (C=O) groups excluding carboxylic acids is 3. The first-order valence-corrected chi connectivity index (χ1v) is 11.1. The molecule has 0 spiro atoms. The van der Waals surface area contributed by atoms with Crippen LogP contribution in [0.3, 0.4) is 0 Å². The van der Waals surface area contributed by atoms with Gasteiger partial charge in [-0.3, -0.25) is 9.78 Å². The lowest BCUT2D eigenvalue weighted by Crippen LogP contribution is -2.46. The van der Waals surface area contributed by atoms with Crippen LogP contribution in [-0.2, 0) is 11.2 Å². The van der Waals surface area contributed by atoms with Crippen LogP contribution in [0.1, 0.15) is 12.5 Å². The van der Waals surface area contributed by atoms with Gasteiger partial charge in [-0.25, -0.2) is 14.5 Å². The van der Waals surface area contributed by atoms with Gasteiger partial charge in [0.05, 0.1) is 17.6 Å². The number of rotatable bonds is 6. The zero-order valence-corrected chi connectivity index (χ0v) is 19.9. The Labute approximate surface area is 213 Å². The van der Waals surface area contributed by atoms with Gasteiger partial charge in [0.1, 0.15) is 11.3 Å². The molecule has 0 aliphatic carbocycles. The summed E-state index contributed by atoms with van der Waals surface area (Å²) in [6.45, 7) is 1.51. The Morgan fingerprint density at radius 2 is 1.76 bits per heavy atom. The molecule has 1 aromatic heterocycles. The van der Waals surface area contributed by atoms with Crippen LogP contribution in [0, 0.1) is 0 Å². The van der Waals surface area contributed by atoms with Crippen LogP contribution in [0.15, 0.2) is 67.0 Å². The molecule has 3 N–H and O–H groups in total. The molecule has 2 heterocycles. The summed E-state index contributed by atoms with van der Waals surface area (Å²) in [5.74, 6) is -1.12. The predicted octanol–water partition coefficient (Wildman–Crippen LogP) is 5.34. The van der Waals surface area contributed by atoms with Gasteiger partial charge in [0.25, 0.3) is 5.91 Å². The fourth-order valence-electron chi connectivity index (χ4n) is 3.72. The van der Waals surface area contributed by atoms with E-state index < -0.39 is 35.6 Å². The Balaban J connectivity index is 1.49. The van der Waals surface area contributed by atoms with E-state index in [2.05, 4.69) is 25.7 Å². The molecule has 1 aliphatic rings. The van der Waals surface area contributed by atoms with E-state index in [1.807, 2.05) is 0 Å². The molecule has 192 valence electrons. The number of ether oxygens (including phenoxy) is 1. The first-order chi connectivity index (χ1) is 17.4. The highest BCUT2D eigenvalue weighted by Gasteiger charge is 2.48. The van der Waals surface area contributed by atoms with E-state index in [9.17, 15) is 27.6 Å². The highest BCUT2D eigenvalue weighted by atomic mass is 35.5. The summed E-state index contributed by atoms with van der Waals surface area (Å²) in [5.41, 5.74) is -0.0311. The minimum absolute atomic E-state index is 0.0115. The molecule has 5 amide bonds. The predicted molar refractivity (Wildman–Crippen MR) is 130 cm³/mol. The highest BCUT2D eigenvalue weighted by molar-refractivity contribution is 6.30. The molecular weight excluding hydrogens is 515 g/mol. The van der Waals surface area contributed by atoms with Crippen LogP contribution in [0.4, 0.5) is 39.8 Å². The average Bonchev–Trinajstić information content (AvgIpc) is 3.04. The number of urea groups is 2. The lowest BCUT2D eigenvalue weighted by atomic mass is 9.92. The number of hydrogen-bond acceptors (Lipinski definition) is 5. The Bertz CT molecular complexity index is 1340. The Morgan fingerprint density at radius 3 is 2.41 bits per heavy atom. The standard InChI is InChI=1S/C24H19ClF3N5O4/c1-23(20(34)33(22(36)32-23)17-6-8-18(9-7-17)37-24(26,27)28)12-14-10-11-29-13-19(14)31-21(35)30-16-4-2-15(25)3-5-16/h2-11,13H,12H2,1H3,(H,32,36)(H2,30,31,35). The Kier molecular flexibility index (Phi) is 6.94. The van der Waals surface area contributed by atoms with Gasteiger partial charge in [0.15, 0.2) is 0 Å². The second kappa shape index (κ2) is 9.97. The lowest BCUT2D eigenvalue weighted by Gasteiger charge is -2.23. The van der Waals surface area contributed by atoms with Crippen molar-refractivity contribution in [3.63, 3.8) is 0 Å². The van der Waals surface area contributed by atoms with E-state index >= 15 is 0 Å².